The van der Waals surface area contributed by atoms with Crippen LogP contribution in [0.5, 0.6) is 17.2 Å². The number of nitrogens with one attached hydrogen (secondary N) is 1. The lowest BCUT2D eigenvalue weighted by atomic mass is 9.87. The Bertz CT molecular complexity index is 1420. The van der Waals surface area contributed by atoms with Gasteiger partial charge in [-0.2, -0.15) is 24.5 Å². The standard InChI is InChI=1S/C27H28BF3INO6S2/c1-18(28)23(32)15-37-25-14-20(4-7-24(25)39-26(34)33-21-8-11-40-16-21)10-13-41(35,36)12-9-19-2-5-22(6-3-19)38-17-27(29,30)31/h2-8,10-11,13-14,16,18,23H,9,12,15,17,28H2,1H3,(H,33,34)/b13-10+. The van der Waals surface area contributed by atoms with Gasteiger partial charge in [-0.15, -0.1) is 0 Å². The summed E-state index contributed by atoms with van der Waals surface area (Å²) in [5.74, 6) is 0.668. The predicted molar refractivity (Wildman–Crippen MR) is 166 cm³/mol. The van der Waals surface area contributed by atoms with Crippen LogP contribution in [-0.2, 0) is 16.3 Å². The number of carbonyl (C=O) groups is 1. The Balaban J connectivity index is 1.66. The molecule has 0 fully saturated rings. The molecule has 1 amide bonds. The zero-order valence-electron chi connectivity index (χ0n) is 22.2. The summed E-state index contributed by atoms with van der Waals surface area (Å²) >= 11 is 3.71. The number of sulfone groups is 1. The average Bonchev–Trinajstić information content (AvgIpc) is 3.42. The van der Waals surface area contributed by atoms with Crippen LogP contribution < -0.4 is 19.5 Å². The van der Waals surface area contributed by atoms with Crippen LogP contribution in [0, 0.1) is 0 Å². The SMILES string of the molecule is BC(C)C(I)COc1cc(/C=C/S(=O)(=O)CCc2ccc(OCC(F)(F)F)cc2)ccc1OC(=O)Nc1ccsc1. The van der Waals surface area contributed by atoms with Gasteiger partial charge in [0.05, 0.1) is 18.0 Å². The quantitative estimate of drug-likeness (QED) is 0.122. The van der Waals surface area contributed by atoms with Crippen LogP contribution in [0.1, 0.15) is 18.1 Å². The van der Waals surface area contributed by atoms with E-state index in [0.717, 1.165) is 5.41 Å². The maximum absolute atomic E-state index is 12.7. The third-order valence-electron chi connectivity index (χ3n) is 5.53. The summed E-state index contributed by atoms with van der Waals surface area (Å²) in [5, 5.41) is 7.30. The number of ether oxygens (including phenoxy) is 3. The molecule has 3 rings (SSSR count). The maximum Gasteiger partial charge on any atom is 0.422 e. The number of hydrogen-bond donors (Lipinski definition) is 1. The van der Waals surface area contributed by atoms with E-state index >= 15 is 0 Å². The summed E-state index contributed by atoms with van der Waals surface area (Å²) in [7, 11) is -1.56. The van der Waals surface area contributed by atoms with Crippen molar-refractivity contribution in [1.29, 1.82) is 0 Å². The van der Waals surface area contributed by atoms with Gasteiger partial charge in [0.25, 0.3) is 0 Å². The van der Waals surface area contributed by atoms with E-state index in [4.69, 9.17) is 9.47 Å². The first-order valence-electron chi connectivity index (χ1n) is 12.4. The molecule has 2 atom stereocenters. The number of carbonyl (C=O) groups excluding carboxylic acids is 1. The summed E-state index contributed by atoms with van der Waals surface area (Å²) in [4.78, 5) is 12.4. The second-order valence-corrected chi connectivity index (χ2v) is 13.7. The fraction of sp³-hybridized carbons (Fsp3) is 0.296. The molecule has 0 aliphatic rings. The molecule has 220 valence electrons. The minimum Gasteiger partial charge on any atom is -0.489 e. The minimum absolute atomic E-state index is 0.0468. The molecule has 0 saturated heterocycles. The zero-order chi connectivity index (χ0) is 30.0. The highest BCUT2D eigenvalue weighted by atomic mass is 127. The van der Waals surface area contributed by atoms with Crippen molar-refractivity contribution in [2.45, 2.75) is 29.3 Å². The molecule has 1 N–H and O–H groups in total. The van der Waals surface area contributed by atoms with Gasteiger partial charge >= 0.3 is 12.3 Å². The van der Waals surface area contributed by atoms with Crippen LogP contribution in [0.2, 0.25) is 5.82 Å². The number of rotatable bonds is 13. The number of amides is 1. The second-order valence-electron chi connectivity index (χ2n) is 9.27. The van der Waals surface area contributed by atoms with E-state index in [1.54, 1.807) is 23.6 Å². The Morgan fingerprint density at radius 3 is 2.49 bits per heavy atom. The molecular weight excluding hydrogens is 693 g/mol. The first-order valence-corrected chi connectivity index (χ1v) is 16.3. The first-order chi connectivity index (χ1) is 19.3. The molecule has 1 aromatic heterocycles. The molecule has 0 bridgehead atoms. The fourth-order valence-corrected chi connectivity index (χ4v) is 4.98. The summed E-state index contributed by atoms with van der Waals surface area (Å²) in [6.45, 7) is 1.02. The van der Waals surface area contributed by atoms with Gasteiger partial charge in [-0.05, 0) is 59.3 Å². The highest BCUT2D eigenvalue weighted by Gasteiger charge is 2.28. The smallest absolute Gasteiger partial charge is 0.422 e. The van der Waals surface area contributed by atoms with Crippen molar-refractivity contribution in [3.8, 4) is 17.2 Å². The van der Waals surface area contributed by atoms with Gasteiger partial charge in [-0.1, -0.05) is 53.5 Å². The fourth-order valence-electron chi connectivity index (χ4n) is 3.19. The molecule has 0 radical (unpaired) electrons. The van der Waals surface area contributed by atoms with E-state index in [2.05, 4.69) is 47.4 Å². The number of thiophene rings is 1. The largest absolute Gasteiger partial charge is 0.489 e. The van der Waals surface area contributed by atoms with Crippen LogP contribution >= 0.6 is 33.9 Å². The molecule has 7 nitrogen and oxygen atoms in total. The molecule has 41 heavy (non-hydrogen) atoms. The van der Waals surface area contributed by atoms with E-state index < -0.39 is 28.7 Å². The number of benzene rings is 2. The van der Waals surface area contributed by atoms with E-state index in [1.165, 1.54) is 47.7 Å². The lowest BCUT2D eigenvalue weighted by molar-refractivity contribution is -0.153. The lowest BCUT2D eigenvalue weighted by Gasteiger charge is -2.17. The van der Waals surface area contributed by atoms with Crippen molar-refractivity contribution in [3.63, 3.8) is 0 Å². The Hall–Kier alpha value is -2.72. The van der Waals surface area contributed by atoms with Crippen molar-refractivity contribution in [2.75, 3.05) is 24.3 Å². The van der Waals surface area contributed by atoms with Crippen molar-refractivity contribution >= 4 is 69.5 Å². The van der Waals surface area contributed by atoms with Crippen molar-refractivity contribution in [3.05, 3.63) is 75.8 Å². The summed E-state index contributed by atoms with van der Waals surface area (Å²) in [5.41, 5.74) is 1.76. The number of aryl methyl sites for hydroxylation is 1. The van der Waals surface area contributed by atoms with E-state index in [9.17, 15) is 26.4 Å². The van der Waals surface area contributed by atoms with Crippen LogP contribution in [-0.4, -0.2) is 51.4 Å². The molecule has 2 unspecified atom stereocenters. The Morgan fingerprint density at radius 1 is 1.12 bits per heavy atom. The van der Waals surface area contributed by atoms with E-state index in [1.807, 2.05) is 5.38 Å². The van der Waals surface area contributed by atoms with Crippen LogP contribution in [0.4, 0.5) is 23.7 Å². The average molecular weight is 721 g/mol. The molecule has 0 spiro atoms. The van der Waals surface area contributed by atoms with Gasteiger partial charge in [-0.3, -0.25) is 5.32 Å². The highest BCUT2D eigenvalue weighted by molar-refractivity contribution is 14.1. The van der Waals surface area contributed by atoms with Gasteiger partial charge in [0, 0.05) is 14.7 Å². The summed E-state index contributed by atoms with van der Waals surface area (Å²) < 4.78 is 78.4. The Kier molecular flexibility index (Phi) is 12.0. The second kappa shape index (κ2) is 15.0. The molecule has 1 heterocycles. The minimum atomic E-state index is -4.44. The topological polar surface area (TPSA) is 90.9 Å². The molecule has 0 aliphatic heterocycles. The van der Waals surface area contributed by atoms with Crippen LogP contribution in [0.3, 0.4) is 0 Å². The summed E-state index contributed by atoms with van der Waals surface area (Å²) in [6.07, 6.45) is -3.53. The molecule has 3 aromatic rings. The van der Waals surface area contributed by atoms with E-state index in [0.29, 0.717) is 35.0 Å². The third-order valence-corrected chi connectivity index (χ3v) is 9.33. The van der Waals surface area contributed by atoms with Crippen LogP contribution in [0.25, 0.3) is 6.08 Å². The molecule has 14 heteroatoms. The maximum atomic E-state index is 12.7. The molecular formula is C27H28BF3INO6S2. The third kappa shape index (κ3) is 12.0. The van der Waals surface area contributed by atoms with Crippen molar-refractivity contribution in [2.24, 2.45) is 0 Å². The van der Waals surface area contributed by atoms with Crippen LogP contribution in [0.15, 0.2) is 64.7 Å². The molecule has 0 aliphatic carbocycles. The normalized spacial score (nSPS) is 13.5. The number of alkyl halides is 4. The van der Waals surface area contributed by atoms with Crippen molar-refractivity contribution < 1.29 is 40.6 Å². The molecule has 0 saturated carbocycles. The first kappa shape index (κ1) is 32.8. The Morgan fingerprint density at radius 2 is 1.85 bits per heavy atom. The van der Waals surface area contributed by atoms with Gasteiger partial charge in [0.2, 0.25) is 0 Å². The van der Waals surface area contributed by atoms with Gasteiger partial charge < -0.3 is 14.2 Å². The van der Waals surface area contributed by atoms with Crippen molar-refractivity contribution in [1.82, 2.24) is 0 Å². The highest BCUT2D eigenvalue weighted by Crippen LogP contribution is 2.31. The molecule has 2 aromatic carbocycles. The lowest BCUT2D eigenvalue weighted by Crippen LogP contribution is -2.19. The number of anilines is 1. The van der Waals surface area contributed by atoms with Gasteiger partial charge in [-0.25, -0.2) is 13.2 Å². The van der Waals surface area contributed by atoms with Gasteiger partial charge in [0.1, 0.15) is 13.6 Å². The zero-order valence-corrected chi connectivity index (χ0v) is 26.0. The number of halogens is 4. The Labute approximate surface area is 255 Å². The van der Waals surface area contributed by atoms with Gasteiger partial charge in [0.15, 0.2) is 27.9 Å². The predicted octanol–water partition coefficient (Wildman–Crippen LogP) is 6.55. The monoisotopic (exact) mass is 721 g/mol. The summed E-state index contributed by atoms with van der Waals surface area (Å²) in [6, 6.07) is 12.3. The number of hydrogen-bond acceptors (Lipinski definition) is 7. The van der Waals surface area contributed by atoms with E-state index in [-0.39, 0.29) is 27.6 Å².